The summed E-state index contributed by atoms with van der Waals surface area (Å²) in [6.45, 7) is 4.90. The number of nitrogens with zero attached hydrogens (tertiary/aromatic N) is 1. The lowest BCUT2D eigenvalue weighted by Gasteiger charge is -2.32. The maximum Gasteiger partial charge on any atom is 0.260 e. The van der Waals surface area contributed by atoms with E-state index in [0.717, 1.165) is 29.7 Å². The molecule has 2 rings (SSSR count). The van der Waals surface area contributed by atoms with E-state index in [1.807, 2.05) is 32.0 Å². The van der Waals surface area contributed by atoms with Crippen LogP contribution in [0.3, 0.4) is 0 Å². The largest absolute Gasteiger partial charge is 0.483 e. The molecule has 0 radical (unpaired) electrons. The van der Waals surface area contributed by atoms with Gasteiger partial charge in [-0.25, -0.2) is 13.6 Å². The summed E-state index contributed by atoms with van der Waals surface area (Å²) in [5.41, 5.74) is 1.98. The summed E-state index contributed by atoms with van der Waals surface area (Å²) in [5.74, 6) is 0.447. The molecule has 0 aromatic heterocycles. The molecule has 1 amide bonds. The van der Waals surface area contributed by atoms with E-state index in [1.165, 1.54) is 0 Å². The van der Waals surface area contributed by atoms with Crippen LogP contribution in [0.1, 0.15) is 24.0 Å². The van der Waals surface area contributed by atoms with Gasteiger partial charge in [-0.1, -0.05) is 18.2 Å². The van der Waals surface area contributed by atoms with Crippen molar-refractivity contribution >= 4 is 15.9 Å². The number of hydrogen-bond donors (Lipinski definition) is 1. The molecular formula is C16H24N2O4S. The molecule has 1 fully saturated rings. The number of benzene rings is 1. The number of piperidine rings is 1. The number of nitrogens with two attached hydrogens (primary N) is 1. The smallest absolute Gasteiger partial charge is 0.260 e. The number of para-hydroxylation sites is 1. The van der Waals surface area contributed by atoms with Crippen molar-refractivity contribution in [1.29, 1.82) is 0 Å². The van der Waals surface area contributed by atoms with Crippen LogP contribution in [0.5, 0.6) is 5.75 Å². The van der Waals surface area contributed by atoms with Crippen LogP contribution in [0.4, 0.5) is 0 Å². The molecule has 0 aliphatic carbocycles. The first-order valence-electron chi connectivity index (χ1n) is 7.73. The molecule has 2 N–H and O–H groups in total. The fraction of sp³-hybridized carbons (Fsp3) is 0.562. The van der Waals surface area contributed by atoms with Crippen LogP contribution in [-0.4, -0.2) is 44.7 Å². The summed E-state index contributed by atoms with van der Waals surface area (Å²) in [4.78, 5) is 14.0. The third kappa shape index (κ3) is 5.21. The Morgan fingerprint density at radius 3 is 2.61 bits per heavy atom. The zero-order valence-electron chi connectivity index (χ0n) is 13.6. The highest BCUT2D eigenvalue weighted by molar-refractivity contribution is 7.89. The second-order valence-corrected chi connectivity index (χ2v) is 7.85. The van der Waals surface area contributed by atoms with Crippen LogP contribution < -0.4 is 9.88 Å². The van der Waals surface area contributed by atoms with Gasteiger partial charge in [-0.05, 0) is 43.7 Å². The molecule has 0 bridgehead atoms. The second-order valence-electron chi connectivity index (χ2n) is 6.19. The summed E-state index contributed by atoms with van der Waals surface area (Å²) in [7, 11) is -3.51. The zero-order chi connectivity index (χ0) is 17.0. The number of primary sulfonamides is 1. The Balaban J connectivity index is 1.93. The van der Waals surface area contributed by atoms with E-state index in [9.17, 15) is 13.2 Å². The van der Waals surface area contributed by atoms with Gasteiger partial charge >= 0.3 is 0 Å². The standard InChI is InChI=1S/C16H24N2O4S/c1-12-5-3-6-13(2)16(12)22-10-15(19)18-8-4-7-14(9-18)11-23(17,20)21/h3,5-6,14H,4,7-11H2,1-2H3,(H2,17,20,21). The number of aryl methyl sites for hydroxylation is 2. The highest BCUT2D eigenvalue weighted by Crippen LogP contribution is 2.23. The Kier molecular flexibility index (Phi) is 5.64. The summed E-state index contributed by atoms with van der Waals surface area (Å²) in [5, 5.41) is 5.10. The molecule has 1 aromatic rings. The van der Waals surface area contributed by atoms with Crippen LogP contribution in [0.15, 0.2) is 18.2 Å². The number of hydrogen-bond acceptors (Lipinski definition) is 4. The molecule has 128 valence electrons. The first-order chi connectivity index (χ1) is 10.8. The summed E-state index contributed by atoms with van der Waals surface area (Å²) >= 11 is 0. The van der Waals surface area contributed by atoms with Gasteiger partial charge in [0, 0.05) is 13.1 Å². The van der Waals surface area contributed by atoms with Crippen molar-refractivity contribution in [2.24, 2.45) is 11.1 Å². The minimum absolute atomic E-state index is 0.0339. The molecule has 1 aliphatic rings. The van der Waals surface area contributed by atoms with Crippen LogP contribution in [0.25, 0.3) is 0 Å². The van der Waals surface area contributed by atoms with Crippen molar-refractivity contribution in [1.82, 2.24) is 4.90 Å². The molecule has 7 heteroatoms. The highest BCUT2D eigenvalue weighted by atomic mass is 32.2. The van der Waals surface area contributed by atoms with Gasteiger partial charge in [0.1, 0.15) is 5.75 Å². The Hall–Kier alpha value is -1.60. The van der Waals surface area contributed by atoms with Crippen molar-refractivity contribution in [2.45, 2.75) is 26.7 Å². The van der Waals surface area contributed by atoms with Gasteiger partial charge in [-0.3, -0.25) is 4.79 Å². The maximum atomic E-state index is 12.3. The summed E-state index contributed by atoms with van der Waals surface area (Å²) in [6.07, 6.45) is 1.56. The van der Waals surface area contributed by atoms with Crippen molar-refractivity contribution in [3.05, 3.63) is 29.3 Å². The van der Waals surface area contributed by atoms with Gasteiger partial charge in [0.15, 0.2) is 6.61 Å². The molecule has 1 unspecified atom stereocenters. The van der Waals surface area contributed by atoms with Gasteiger partial charge in [-0.15, -0.1) is 0 Å². The maximum absolute atomic E-state index is 12.3. The van der Waals surface area contributed by atoms with E-state index in [1.54, 1.807) is 4.90 Å². The van der Waals surface area contributed by atoms with Gasteiger partial charge < -0.3 is 9.64 Å². The number of sulfonamides is 1. The third-order valence-corrected chi connectivity index (χ3v) is 5.02. The lowest BCUT2D eigenvalue weighted by molar-refractivity contribution is -0.135. The summed E-state index contributed by atoms with van der Waals surface area (Å²) in [6, 6.07) is 5.83. The average molecular weight is 340 g/mol. The number of carbonyl (C=O) groups excluding carboxylic acids is 1. The molecule has 6 nitrogen and oxygen atoms in total. The van der Waals surface area contributed by atoms with Crippen LogP contribution >= 0.6 is 0 Å². The lowest BCUT2D eigenvalue weighted by Crippen LogP contribution is -2.44. The highest BCUT2D eigenvalue weighted by Gasteiger charge is 2.26. The van der Waals surface area contributed by atoms with Crippen molar-refractivity contribution in [3.8, 4) is 5.75 Å². The fourth-order valence-corrected chi connectivity index (χ4v) is 3.94. The molecular weight excluding hydrogens is 316 g/mol. The molecule has 1 aliphatic heterocycles. The van der Waals surface area contributed by atoms with Crippen molar-refractivity contribution in [2.75, 3.05) is 25.4 Å². The lowest BCUT2D eigenvalue weighted by atomic mass is 10.00. The SMILES string of the molecule is Cc1cccc(C)c1OCC(=O)N1CCCC(CS(N)(=O)=O)C1. The van der Waals surface area contributed by atoms with E-state index < -0.39 is 10.0 Å². The predicted octanol–water partition coefficient (Wildman–Crippen LogP) is 1.21. The van der Waals surface area contributed by atoms with Crippen LogP contribution in [-0.2, 0) is 14.8 Å². The fourth-order valence-electron chi connectivity index (χ4n) is 3.01. The van der Waals surface area contributed by atoms with Gasteiger partial charge in [-0.2, -0.15) is 0 Å². The quantitative estimate of drug-likeness (QED) is 0.872. The Morgan fingerprint density at radius 1 is 1.35 bits per heavy atom. The van der Waals surface area contributed by atoms with Crippen LogP contribution in [0.2, 0.25) is 0 Å². The van der Waals surface area contributed by atoms with Crippen molar-refractivity contribution in [3.63, 3.8) is 0 Å². The average Bonchev–Trinajstić information content (AvgIpc) is 2.45. The van der Waals surface area contributed by atoms with Gasteiger partial charge in [0.2, 0.25) is 10.0 Å². The molecule has 23 heavy (non-hydrogen) atoms. The van der Waals surface area contributed by atoms with E-state index in [0.29, 0.717) is 13.1 Å². The Bertz CT molecular complexity index is 652. The van der Waals surface area contributed by atoms with Gasteiger partial charge in [0.25, 0.3) is 5.91 Å². The molecule has 0 saturated carbocycles. The van der Waals surface area contributed by atoms with E-state index in [-0.39, 0.29) is 24.2 Å². The Morgan fingerprint density at radius 2 is 2.00 bits per heavy atom. The topological polar surface area (TPSA) is 89.7 Å². The van der Waals surface area contributed by atoms with Crippen LogP contribution in [0, 0.1) is 19.8 Å². The minimum atomic E-state index is -3.51. The zero-order valence-corrected chi connectivity index (χ0v) is 14.4. The number of amides is 1. The van der Waals surface area contributed by atoms with E-state index in [2.05, 4.69) is 0 Å². The number of rotatable bonds is 5. The number of carbonyl (C=O) groups is 1. The monoisotopic (exact) mass is 340 g/mol. The summed E-state index contributed by atoms with van der Waals surface area (Å²) < 4.78 is 28.1. The molecule has 1 aromatic carbocycles. The first-order valence-corrected chi connectivity index (χ1v) is 9.45. The number of ether oxygens (including phenoxy) is 1. The normalized spacial score (nSPS) is 18.7. The predicted molar refractivity (Wildman–Crippen MR) is 88.7 cm³/mol. The van der Waals surface area contributed by atoms with Crippen molar-refractivity contribution < 1.29 is 17.9 Å². The Labute approximate surface area is 137 Å². The molecule has 1 atom stereocenters. The van der Waals surface area contributed by atoms with E-state index >= 15 is 0 Å². The van der Waals surface area contributed by atoms with Gasteiger partial charge in [0.05, 0.1) is 5.75 Å². The van der Waals surface area contributed by atoms with E-state index in [4.69, 9.17) is 9.88 Å². The first kappa shape index (κ1) is 17.7. The molecule has 0 spiro atoms. The molecule has 1 heterocycles. The third-order valence-electron chi connectivity index (χ3n) is 4.09. The minimum Gasteiger partial charge on any atom is -0.483 e. The number of likely N-dealkylation sites (tertiary alicyclic amines) is 1. The second kappa shape index (κ2) is 7.31. The molecule has 1 saturated heterocycles.